The van der Waals surface area contributed by atoms with Crippen LogP contribution in [0.25, 0.3) is 0 Å². The maximum atomic E-state index is 4.13. The molecule has 0 aliphatic heterocycles. The van der Waals surface area contributed by atoms with Gasteiger partial charge in [-0.15, -0.1) is 0 Å². The summed E-state index contributed by atoms with van der Waals surface area (Å²) in [4.78, 5) is 0. The van der Waals surface area contributed by atoms with Crippen LogP contribution in [0.4, 0.5) is 0 Å². The Kier molecular flexibility index (Phi) is 6.24. The van der Waals surface area contributed by atoms with E-state index in [4.69, 9.17) is 0 Å². The third-order valence-corrected chi connectivity index (χ3v) is 4.35. The van der Waals surface area contributed by atoms with Gasteiger partial charge in [-0.2, -0.15) is 0 Å². The second-order valence-electron chi connectivity index (χ2n) is 5.76. The Morgan fingerprint density at radius 1 is 1.20 bits per heavy atom. The summed E-state index contributed by atoms with van der Waals surface area (Å²) in [6.45, 7) is 18.0. The van der Waals surface area contributed by atoms with Crippen LogP contribution in [0.3, 0.4) is 0 Å². The Hall–Kier alpha value is -0.260. The lowest BCUT2D eigenvalue weighted by molar-refractivity contribution is 0.195. The molecule has 90 valence electrons. The van der Waals surface area contributed by atoms with Gasteiger partial charge in [0.15, 0.2) is 0 Å². The molecule has 0 saturated heterocycles. The standard InChI is InChI=1S/C15H30/c1-8-9-10-11-13(4)14(5)15(6,7)12(2)3/h13-14H,2,8-11H2,1,3-7H3. The molecule has 0 amide bonds. The van der Waals surface area contributed by atoms with E-state index in [2.05, 4.69) is 48.1 Å². The summed E-state index contributed by atoms with van der Waals surface area (Å²) < 4.78 is 0. The minimum atomic E-state index is 0.283. The first-order chi connectivity index (χ1) is 6.84. The highest BCUT2D eigenvalue weighted by Crippen LogP contribution is 2.39. The van der Waals surface area contributed by atoms with E-state index in [-0.39, 0.29) is 5.41 Å². The van der Waals surface area contributed by atoms with E-state index >= 15 is 0 Å². The van der Waals surface area contributed by atoms with Gasteiger partial charge < -0.3 is 0 Å². The molecule has 0 aromatic rings. The van der Waals surface area contributed by atoms with Gasteiger partial charge in [-0.25, -0.2) is 0 Å². The van der Waals surface area contributed by atoms with Gasteiger partial charge in [0.25, 0.3) is 0 Å². The van der Waals surface area contributed by atoms with Crippen molar-refractivity contribution in [3.05, 3.63) is 12.2 Å². The SMILES string of the molecule is C=C(C)C(C)(C)C(C)C(C)CCCCC. The fourth-order valence-electron chi connectivity index (χ4n) is 2.07. The lowest BCUT2D eigenvalue weighted by atomic mass is 9.69. The molecule has 0 nitrogen and oxygen atoms in total. The summed E-state index contributed by atoms with van der Waals surface area (Å²) in [5, 5.41) is 0. The Balaban J connectivity index is 4.18. The number of rotatable bonds is 7. The van der Waals surface area contributed by atoms with Crippen LogP contribution in [0, 0.1) is 17.3 Å². The molecule has 0 heteroatoms. The van der Waals surface area contributed by atoms with Crippen LogP contribution in [0.5, 0.6) is 0 Å². The maximum Gasteiger partial charge on any atom is -0.0122 e. The molecule has 0 aromatic heterocycles. The van der Waals surface area contributed by atoms with Gasteiger partial charge in [0.05, 0.1) is 0 Å². The first kappa shape index (κ1) is 14.7. The topological polar surface area (TPSA) is 0 Å². The fraction of sp³-hybridized carbons (Fsp3) is 0.867. The molecule has 0 fully saturated rings. The summed E-state index contributed by atoms with van der Waals surface area (Å²) in [5.41, 5.74) is 1.60. The van der Waals surface area contributed by atoms with Crippen molar-refractivity contribution in [3.8, 4) is 0 Å². The first-order valence-corrected chi connectivity index (χ1v) is 6.50. The highest BCUT2D eigenvalue weighted by atomic mass is 14.3. The largest absolute Gasteiger partial charge is 0.0996 e. The van der Waals surface area contributed by atoms with Gasteiger partial charge in [-0.3, -0.25) is 0 Å². The van der Waals surface area contributed by atoms with Crippen molar-refractivity contribution < 1.29 is 0 Å². The second-order valence-corrected chi connectivity index (χ2v) is 5.76. The van der Waals surface area contributed by atoms with Crippen molar-refractivity contribution in [2.45, 2.75) is 67.2 Å². The molecule has 0 spiro atoms. The summed E-state index contributed by atoms with van der Waals surface area (Å²) in [6.07, 6.45) is 5.45. The summed E-state index contributed by atoms with van der Waals surface area (Å²) in [7, 11) is 0. The van der Waals surface area contributed by atoms with Crippen molar-refractivity contribution in [1.82, 2.24) is 0 Å². The average molecular weight is 210 g/mol. The summed E-state index contributed by atoms with van der Waals surface area (Å²) >= 11 is 0. The highest BCUT2D eigenvalue weighted by molar-refractivity contribution is 5.05. The lowest BCUT2D eigenvalue weighted by Gasteiger charge is -2.36. The van der Waals surface area contributed by atoms with Gasteiger partial charge in [-0.05, 0) is 24.2 Å². The van der Waals surface area contributed by atoms with E-state index in [1.165, 1.54) is 31.3 Å². The summed E-state index contributed by atoms with van der Waals surface area (Å²) in [6, 6.07) is 0. The maximum absolute atomic E-state index is 4.13. The molecule has 0 N–H and O–H groups in total. The van der Waals surface area contributed by atoms with Gasteiger partial charge in [0.1, 0.15) is 0 Å². The third kappa shape index (κ3) is 4.40. The van der Waals surface area contributed by atoms with E-state index in [0.717, 1.165) is 11.8 Å². The number of hydrogen-bond acceptors (Lipinski definition) is 0. The van der Waals surface area contributed by atoms with Gasteiger partial charge in [-0.1, -0.05) is 72.5 Å². The van der Waals surface area contributed by atoms with Crippen molar-refractivity contribution in [1.29, 1.82) is 0 Å². The molecule has 0 radical (unpaired) electrons. The number of unbranched alkanes of at least 4 members (excludes halogenated alkanes) is 2. The molecule has 0 aromatic carbocycles. The predicted molar refractivity (Wildman–Crippen MR) is 71.1 cm³/mol. The second kappa shape index (κ2) is 6.35. The lowest BCUT2D eigenvalue weighted by Crippen LogP contribution is -2.27. The van der Waals surface area contributed by atoms with E-state index in [1.54, 1.807) is 0 Å². The molecule has 15 heavy (non-hydrogen) atoms. The zero-order valence-electron chi connectivity index (χ0n) is 11.7. The van der Waals surface area contributed by atoms with Crippen molar-refractivity contribution >= 4 is 0 Å². The highest BCUT2D eigenvalue weighted by Gasteiger charge is 2.30. The first-order valence-electron chi connectivity index (χ1n) is 6.50. The Morgan fingerprint density at radius 2 is 1.73 bits per heavy atom. The average Bonchev–Trinajstić information content (AvgIpc) is 2.16. The normalized spacial score (nSPS) is 16.1. The van der Waals surface area contributed by atoms with E-state index in [1.807, 2.05) is 0 Å². The minimum Gasteiger partial charge on any atom is -0.0996 e. The van der Waals surface area contributed by atoms with Crippen LogP contribution in [-0.4, -0.2) is 0 Å². The van der Waals surface area contributed by atoms with E-state index in [0.29, 0.717) is 0 Å². The zero-order valence-corrected chi connectivity index (χ0v) is 11.7. The molecule has 2 atom stereocenters. The minimum absolute atomic E-state index is 0.283. The van der Waals surface area contributed by atoms with Crippen LogP contribution >= 0.6 is 0 Å². The van der Waals surface area contributed by atoms with Crippen LogP contribution in [-0.2, 0) is 0 Å². The Morgan fingerprint density at radius 3 is 2.13 bits per heavy atom. The molecular formula is C15H30. The number of hydrogen-bond donors (Lipinski definition) is 0. The van der Waals surface area contributed by atoms with E-state index in [9.17, 15) is 0 Å². The van der Waals surface area contributed by atoms with Crippen LogP contribution in [0.15, 0.2) is 12.2 Å². The fourth-order valence-corrected chi connectivity index (χ4v) is 2.07. The predicted octanol–water partition coefficient (Wildman–Crippen LogP) is 5.44. The molecule has 0 heterocycles. The van der Waals surface area contributed by atoms with Crippen LogP contribution < -0.4 is 0 Å². The van der Waals surface area contributed by atoms with E-state index < -0.39 is 0 Å². The van der Waals surface area contributed by atoms with Gasteiger partial charge in [0, 0.05) is 0 Å². The molecule has 0 bridgehead atoms. The monoisotopic (exact) mass is 210 g/mol. The third-order valence-electron chi connectivity index (χ3n) is 4.35. The molecule has 0 aliphatic rings. The van der Waals surface area contributed by atoms with Gasteiger partial charge >= 0.3 is 0 Å². The number of allylic oxidation sites excluding steroid dienone is 1. The molecular weight excluding hydrogens is 180 g/mol. The molecule has 0 aliphatic carbocycles. The Bertz CT molecular complexity index is 188. The molecule has 0 rings (SSSR count). The molecule has 2 unspecified atom stereocenters. The van der Waals surface area contributed by atoms with Gasteiger partial charge in [0.2, 0.25) is 0 Å². The summed E-state index contributed by atoms with van der Waals surface area (Å²) in [5.74, 6) is 1.54. The van der Waals surface area contributed by atoms with Crippen molar-refractivity contribution in [2.75, 3.05) is 0 Å². The van der Waals surface area contributed by atoms with Crippen LogP contribution in [0.1, 0.15) is 67.2 Å². The molecule has 0 saturated carbocycles. The Labute approximate surface area is 97.2 Å². The van der Waals surface area contributed by atoms with Crippen LogP contribution in [0.2, 0.25) is 0 Å². The quantitative estimate of drug-likeness (QED) is 0.387. The van der Waals surface area contributed by atoms with Crippen molar-refractivity contribution in [3.63, 3.8) is 0 Å². The smallest absolute Gasteiger partial charge is 0.0122 e. The van der Waals surface area contributed by atoms with Crippen molar-refractivity contribution in [2.24, 2.45) is 17.3 Å². The zero-order chi connectivity index (χ0) is 12.1.